The second-order valence-corrected chi connectivity index (χ2v) is 10.1. The summed E-state index contributed by atoms with van der Waals surface area (Å²) in [4.78, 5) is 9.04. The number of para-hydroxylation sites is 2. The molecule has 4 aromatic carbocycles. The molecule has 9 nitrogen and oxygen atoms in total. The van der Waals surface area contributed by atoms with Crippen LogP contribution in [0.1, 0.15) is 5.56 Å². The molecule has 44 heavy (non-hydrogen) atoms. The molecule has 0 bridgehead atoms. The lowest BCUT2D eigenvalue weighted by Gasteiger charge is -2.07. The van der Waals surface area contributed by atoms with Crippen molar-refractivity contribution in [2.45, 2.75) is 0 Å². The smallest absolute Gasteiger partial charge is 0.249 e. The van der Waals surface area contributed by atoms with Crippen LogP contribution >= 0.6 is 0 Å². The summed E-state index contributed by atoms with van der Waals surface area (Å²) < 4.78 is 12.3. The van der Waals surface area contributed by atoms with Crippen LogP contribution in [-0.4, -0.2) is 30.4 Å². The lowest BCUT2D eigenvalue weighted by atomic mass is 9.99. The summed E-state index contributed by atoms with van der Waals surface area (Å²) >= 11 is 0. The van der Waals surface area contributed by atoms with Crippen LogP contribution in [0.4, 0.5) is 0 Å². The van der Waals surface area contributed by atoms with Gasteiger partial charge in [0.2, 0.25) is 23.6 Å². The number of pyridine rings is 2. The minimum absolute atomic E-state index is 0.323. The van der Waals surface area contributed by atoms with Crippen LogP contribution < -0.4 is 0 Å². The molecule has 0 radical (unpaired) electrons. The molecule has 0 fully saturated rings. The first kappa shape index (κ1) is 25.2. The number of aromatic nitrogens is 6. The molecule has 9 heteroatoms. The molecule has 0 aliphatic carbocycles. The monoisotopic (exact) mass is 569 g/mol. The zero-order valence-electron chi connectivity index (χ0n) is 22.9. The minimum Gasteiger partial charge on any atom is -0.416 e. The van der Waals surface area contributed by atoms with Gasteiger partial charge in [-0.3, -0.25) is 9.97 Å². The van der Waals surface area contributed by atoms with Gasteiger partial charge in [0.15, 0.2) is 0 Å². The molecular weight excluding hydrogens is 550 g/mol. The van der Waals surface area contributed by atoms with Crippen LogP contribution in [0.3, 0.4) is 0 Å². The summed E-state index contributed by atoms with van der Waals surface area (Å²) in [5, 5.41) is 28.6. The number of hydrogen-bond donors (Lipinski definition) is 0. The van der Waals surface area contributed by atoms with E-state index in [9.17, 15) is 5.26 Å². The first-order valence-electron chi connectivity index (χ1n) is 13.7. The highest BCUT2D eigenvalue weighted by Gasteiger charge is 2.18. The molecular formula is C35H19N7O2. The van der Waals surface area contributed by atoms with Crippen LogP contribution in [-0.2, 0) is 0 Å². The van der Waals surface area contributed by atoms with Gasteiger partial charge < -0.3 is 8.83 Å². The topological polar surface area (TPSA) is 127 Å². The first-order valence-corrected chi connectivity index (χ1v) is 13.7. The van der Waals surface area contributed by atoms with Crippen LogP contribution in [0.25, 0.3) is 78.7 Å². The van der Waals surface area contributed by atoms with Crippen molar-refractivity contribution in [3.05, 3.63) is 121 Å². The fourth-order valence-electron chi connectivity index (χ4n) is 5.07. The molecule has 0 saturated heterocycles. The summed E-state index contributed by atoms with van der Waals surface area (Å²) in [6.07, 6.45) is 3.44. The molecule has 8 aromatic rings. The van der Waals surface area contributed by atoms with E-state index in [1.165, 1.54) is 0 Å². The Kier molecular flexibility index (Phi) is 5.95. The zero-order valence-corrected chi connectivity index (χ0v) is 22.9. The summed E-state index contributed by atoms with van der Waals surface area (Å²) in [6, 6.07) is 34.9. The van der Waals surface area contributed by atoms with Crippen molar-refractivity contribution in [3.63, 3.8) is 0 Å². The van der Waals surface area contributed by atoms with Crippen molar-refractivity contribution in [3.8, 4) is 63.0 Å². The summed E-state index contributed by atoms with van der Waals surface area (Å²) in [7, 11) is 0. The van der Waals surface area contributed by atoms with Crippen LogP contribution in [0, 0.1) is 11.3 Å². The Bertz CT molecular complexity index is 2230. The van der Waals surface area contributed by atoms with Crippen molar-refractivity contribution in [2.24, 2.45) is 0 Å². The molecule has 4 heterocycles. The zero-order chi connectivity index (χ0) is 29.5. The third kappa shape index (κ3) is 4.62. The molecule has 4 aromatic heterocycles. The first-order chi connectivity index (χ1) is 21.7. The number of hydrogen-bond acceptors (Lipinski definition) is 9. The van der Waals surface area contributed by atoms with Crippen molar-refractivity contribution >= 4 is 21.8 Å². The highest BCUT2D eigenvalue weighted by atomic mass is 16.4. The lowest BCUT2D eigenvalue weighted by Crippen LogP contribution is -1.87. The van der Waals surface area contributed by atoms with E-state index in [1.54, 1.807) is 24.5 Å². The third-order valence-electron chi connectivity index (χ3n) is 7.30. The predicted molar refractivity (Wildman–Crippen MR) is 165 cm³/mol. The van der Waals surface area contributed by atoms with Gasteiger partial charge in [-0.1, -0.05) is 48.5 Å². The van der Waals surface area contributed by atoms with E-state index in [4.69, 9.17) is 8.83 Å². The van der Waals surface area contributed by atoms with Crippen molar-refractivity contribution in [1.82, 2.24) is 30.4 Å². The van der Waals surface area contributed by atoms with E-state index in [0.717, 1.165) is 44.1 Å². The van der Waals surface area contributed by atoms with Crippen molar-refractivity contribution < 1.29 is 8.83 Å². The van der Waals surface area contributed by atoms with E-state index >= 15 is 0 Å². The van der Waals surface area contributed by atoms with Crippen molar-refractivity contribution in [2.75, 3.05) is 0 Å². The highest BCUT2D eigenvalue weighted by molar-refractivity contribution is 5.83. The SMILES string of the molecule is N#Cc1ccc(-c2cc(-c3nnc(-c4cnc5ccccc5c4)o3)cc(-c3nnc(-c4cnc5ccccc5c4)o3)c2)cc1. The van der Waals surface area contributed by atoms with Gasteiger partial charge >= 0.3 is 0 Å². The molecule has 0 amide bonds. The van der Waals surface area contributed by atoms with Gasteiger partial charge in [-0.2, -0.15) is 5.26 Å². The second kappa shape index (κ2) is 10.4. The Balaban J connectivity index is 1.21. The minimum atomic E-state index is 0.323. The Morgan fingerprint density at radius 1 is 0.455 bits per heavy atom. The third-order valence-corrected chi connectivity index (χ3v) is 7.30. The van der Waals surface area contributed by atoms with Gasteiger partial charge in [-0.05, 0) is 65.7 Å². The molecule has 0 aliphatic rings. The van der Waals surface area contributed by atoms with Crippen LogP contribution in [0.5, 0.6) is 0 Å². The predicted octanol–water partition coefficient (Wildman–Crippen LogP) is 7.76. The van der Waals surface area contributed by atoms with E-state index in [0.29, 0.717) is 40.3 Å². The number of fused-ring (bicyclic) bond motifs is 2. The Hall–Kier alpha value is -6.53. The van der Waals surface area contributed by atoms with Gasteiger partial charge in [-0.15, -0.1) is 20.4 Å². The summed E-state index contributed by atoms with van der Waals surface area (Å²) in [6.45, 7) is 0. The molecule has 0 N–H and O–H groups in total. The van der Waals surface area contributed by atoms with E-state index < -0.39 is 0 Å². The summed E-state index contributed by atoms with van der Waals surface area (Å²) in [5.74, 6) is 1.35. The van der Waals surface area contributed by atoms with Crippen LogP contribution in [0.2, 0.25) is 0 Å². The summed E-state index contributed by atoms with van der Waals surface area (Å²) in [5.41, 5.74) is 6.85. The normalized spacial score (nSPS) is 11.2. The molecule has 8 rings (SSSR count). The Labute approximate surface area is 250 Å². The quantitative estimate of drug-likeness (QED) is 0.204. The average Bonchev–Trinajstić information content (AvgIpc) is 3.79. The number of nitriles is 1. The maximum atomic E-state index is 9.28. The van der Waals surface area contributed by atoms with Crippen LogP contribution in [0.15, 0.2) is 124 Å². The number of nitrogens with zero attached hydrogens (tertiary/aromatic N) is 7. The van der Waals surface area contributed by atoms with E-state index in [-0.39, 0.29) is 0 Å². The van der Waals surface area contributed by atoms with Gasteiger partial charge in [0.1, 0.15) is 0 Å². The number of rotatable bonds is 5. The molecule has 0 unspecified atom stereocenters. The molecule has 0 spiro atoms. The second-order valence-electron chi connectivity index (χ2n) is 10.1. The fraction of sp³-hybridized carbons (Fsp3) is 0. The molecule has 0 atom stereocenters. The highest BCUT2D eigenvalue weighted by Crippen LogP contribution is 2.34. The average molecular weight is 570 g/mol. The van der Waals surface area contributed by atoms with Gasteiger partial charge in [0.25, 0.3) is 0 Å². The van der Waals surface area contributed by atoms with Crippen molar-refractivity contribution in [1.29, 1.82) is 5.26 Å². The fourth-order valence-corrected chi connectivity index (χ4v) is 5.07. The van der Waals surface area contributed by atoms with Gasteiger partial charge in [-0.25, -0.2) is 0 Å². The molecule has 0 aliphatic heterocycles. The lowest BCUT2D eigenvalue weighted by molar-refractivity contribution is 0.582. The standard InChI is InChI=1S/C35H19N7O2/c36-18-21-9-11-22(12-10-21)25-15-26(32-39-41-34(43-32)28-13-23-5-1-3-7-30(23)37-19-28)17-27(16-25)33-40-42-35(44-33)29-14-24-6-2-4-8-31(24)38-20-29/h1-17,19-20H. The molecule has 206 valence electrons. The van der Waals surface area contributed by atoms with Gasteiger partial charge in [0, 0.05) is 34.3 Å². The van der Waals surface area contributed by atoms with E-state index in [1.807, 2.05) is 91.0 Å². The Morgan fingerprint density at radius 3 is 1.41 bits per heavy atom. The largest absolute Gasteiger partial charge is 0.416 e. The maximum absolute atomic E-state index is 9.28. The Morgan fingerprint density at radius 2 is 0.909 bits per heavy atom. The van der Waals surface area contributed by atoms with Gasteiger partial charge in [0.05, 0.1) is 33.8 Å². The maximum Gasteiger partial charge on any atom is 0.249 e. The van der Waals surface area contributed by atoms with E-state index in [2.05, 4.69) is 36.4 Å². The number of benzene rings is 4. The molecule has 0 saturated carbocycles.